The summed E-state index contributed by atoms with van der Waals surface area (Å²) in [5.74, 6) is -1.90. The summed E-state index contributed by atoms with van der Waals surface area (Å²) < 4.78 is 40.6. The largest absolute Gasteiger partial charge is 0.388 e. The molecule has 0 amide bonds. The lowest BCUT2D eigenvalue weighted by Crippen LogP contribution is -2.09. The van der Waals surface area contributed by atoms with Crippen molar-refractivity contribution in [3.05, 3.63) is 70.0 Å². The minimum atomic E-state index is -1.31. The second-order valence-electron chi connectivity index (χ2n) is 4.88. The van der Waals surface area contributed by atoms with Crippen molar-refractivity contribution in [3.63, 3.8) is 0 Å². The Kier molecular flexibility index (Phi) is 4.14. The average molecular weight is 280 g/mol. The minimum Gasteiger partial charge on any atom is -0.388 e. The van der Waals surface area contributed by atoms with Gasteiger partial charge in [0.05, 0.1) is 11.7 Å². The zero-order valence-corrected chi connectivity index (χ0v) is 11.3. The molecule has 0 fully saturated rings. The first-order valence-electron chi connectivity index (χ1n) is 6.27. The van der Waals surface area contributed by atoms with E-state index in [9.17, 15) is 18.3 Å². The molecule has 4 heteroatoms. The molecule has 0 radical (unpaired) electrons. The third kappa shape index (κ3) is 2.85. The Hall–Kier alpha value is -1.81. The number of aliphatic hydroxyl groups excluding tert-OH is 1. The summed E-state index contributed by atoms with van der Waals surface area (Å²) in [5, 5.41) is 10.1. The molecule has 1 unspecified atom stereocenters. The number of aryl methyl sites for hydroxylation is 2. The summed E-state index contributed by atoms with van der Waals surface area (Å²) in [6, 6.07) is 6.56. The average Bonchev–Trinajstić information content (AvgIpc) is 2.38. The Morgan fingerprint density at radius 2 is 1.70 bits per heavy atom. The number of benzene rings is 2. The number of aliphatic hydroxyl groups is 1. The zero-order chi connectivity index (χ0) is 14.9. The van der Waals surface area contributed by atoms with Gasteiger partial charge in [-0.25, -0.2) is 13.2 Å². The summed E-state index contributed by atoms with van der Waals surface area (Å²) >= 11 is 0. The van der Waals surface area contributed by atoms with Gasteiger partial charge in [0.25, 0.3) is 0 Å². The lowest BCUT2D eigenvalue weighted by molar-refractivity contribution is 0.168. The van der Waals surface area contributed by atoms with E-state index < -0.39 is 17.7 Å². The summed E-state index contributed by atoms with van der Waals surface area (Å²) in [7, 11) is 0. The molecule has 2 aromatic carbocycles. The first-order valence-corrected chi connectivity index (χ1v) is 6.27. The van der Waals surface area contributed by atoms with Crippen molar-refractivity contribution in [3.8, 4) is 0 Å². The fourth-order valence-corrected chi connectivity index (χ4v) is 2.18. The third-order valence-corrected chi connectivity index (χ3v) is 3.37. The van der Waals surface area contributed by atoms with E-state index in [0.717, 1.165) is 6.07 Å². The second kappa shape index (κ2) is 5.67. The predicted octanol–water partition coefficient (Wildman–Crippen LogP) is 4.00. The topological polar surface area (TPSA) is 20.2 Å². The molecule has 0 spiro atoms. The molecule has 0 saturated heterocycles. The molecule has 2 rings (SSSR count). The molecular weight excluding hydrogens is 265 g/mol. The standard InChI is InChI=1S/C16H15F3O/c1-9-3-6-13(18)15(16(9)19)14(20)8-11-4-5-12(17)7-10(11)2/h3-7,14,20H,8H2,1-2H3. The lowest BCUT2D eigenvalue weighted by Gasteiger charge is -2.15. The van der Waals surface area contributed by atoms with Crippen molar-refractivity contribution in [1.82, 2.24) is 0 Å². The van der Waals surface area contributed by atoms with Gasteiger partial charge in [-0.2, -0.15) is 0 Å². The van der Waals surface area contributed by atoms with Crippen molar-refractivity contribution >= 4 is 0 Å². The number of hydrogen-bond donors (Lipinski definition) is 1. The highest BCUT2D eigenvalue weighted by Gasteiger charge is 2.20. The van der Waals surface area contributed by atoms with E-state index in [1.807, 2.05) is 0 Å². The molecule has 1 atom stereocenters. The van der Waals surface area contributed by atoms with Gasteiger partial charge in [-0.3, -0.25) is 0 Å². The van der Waals surface area contributed by atoms with Crippen LogP contribution in [0.3, 0.4) is 0 Å². The van der Waals surface area contributed by atoms with E-state index in [0.29, 0.717) is 11.1 Å². The molecule has 1 N–H and O–H groups in total. The molecule has 0 heterocycles. The zero-order valence-electron chi connectivity index (χ0n) is 11.3. The van der Waals surface area contributed by atoms with Crippen LogP contribution in [0.2, 0.25) is 0 Å². The fraction of sp³-hybridized carbons (Fsp3) is 0.250. The highest BCUT2D eigenvalue weighted by Crippen LogP contribution is 2.27. The molecule has 0 aromatic heterocycles. The monoisotopic (exact) mass is 280 g/mol. The van der Waals surface area contributed by atoms with E-state index >= 15 is 0 Å². The summed E-state index contributed by atoms with van der Waals surface area (Å²) in [6.45, 7) is 3.20. The summed E-state index contributed by atoms with van der Waals surface area (Å²) in [4.78, 5) is 0. The first kappa shape index (κ1) is 14.6. The maximum Gasteiger partial charge on any atom is 0.134 e. The molecule has 0 saturated carbocycles. The van der Waals surface area contributed by atoms with Gasteiger partial charge in [-0.15, -0.1) is 0 Å². The molecule has 106 valence electrons. The Morgan fingerprint density at radius 3 is 2.35 bits per heavy atom. The quantitative estimate of drug-likeness (QED) is 0.901. The van der Waals surface area contributed by atoms with Gasteiger partial charge in [-0.1, -0.05) is 12.1 Å². The maximum atomic E-state index is 13.9. The lowest BCUT2D eigenvalue weighted by atomic mass is 9.96. The highest BCUT2D eigenvalue weighted by atomic mass is 19.1. The van der Waals surface area contributed by atoms with Crippen LogP contribution in [-0.4, -0.2) is 5.11 Å². The Balaban J connectivity index is 2.33. The second-order valence-corrected chi connectivity index (χ2v) is 4.88. The molecule has 0 aliphatic heterocycles. The number of hydrogen-bond acceptors (Lipinski definition) is 1. The molecule has 0 bridgehead atoms. The third-order valence-electron chi connectivity index (χ3n) is 3.37. The molecule has 0 aliphatic carbocycles. The van der Waals surface area contributed by atoms with Crippen molar-refractivity contribution in [2.75, 3.05) is 0 Å². The van der Waals surface area contributed by atoms with Crippen molar-refractivity contribution in [1.29, 1.82) is 0 Å². The van der Waals surface area contributed by atoms with Gasteiger partial charge < -0.3 is 5.11 Å². The van der Waals surface area contributed by atoms with Crippen LogP contribution in [0.15, 0.2) is 30.3 Å². The van der Waals surface area contributed by atoms with Crippen LogP contribution in [0.25, 0.3) is 0 Å². The van der Waals surface area contributed by atoms with Crippen LogP contribution in [0.5, 0.6) is 0 Å². The van der Waals surface area contributed by atoms with Crippen molar-refractivity contribution < 1.29 is 18.3 Å². The van der Waals surface area contributed by atoms with Crippen LogP contribution in [-0.2, 0) is 6.42 Å². The molecule has 0 aliphatic rings. The molecule has 20 heavy (non-hydrogen) atoms. The van der Waals surface area contributed by atoms with Gasteiger partial charge in [0.15, 0.2) is 0 Å². The first-order chi connectivity index (χ1) is 9.40. The van der Waals surface area contributed by atoms with E-state index in [1.54, 1.807) is 6.92 Å². The summed E-state index contributed by atoms with van der Waals surface area (Å²) in [5.41, 5.74) is 1.22. The van der Waals surface area contributed by atoms with Gasteiger partial charge >= 0.3 is 0 Å². The van der Waals surface area contributed by atoms with Crippen LogP contribution in [0, 0.1) is 31.3 Å². The summed E-state index contributed by atoms with van der Waals surface area (Å²) in [6.07, 6.45) is -1.28. The van der Waals surface area contributed by atoms with Gasteiger partial charge in [0.1, 0.15) is 17.5 Å². The smallest absolute Gasteiger partial charge is 0.134 e. The molecule has 1 nitrogen and oxygen atoms in total. The SMILES string of the molecule is Cc1cc(F)ccc1CC(O)c1c(F)ccc(C)c1F. The van der Waals surface area contributed by atoms with Crippen LogP contribution < -0.4 is 0 Å². The van der Waals surface area contributed by atoms with Gasteiger partial charge in [0.2, 0.25) is 0 Å². The Labute approximate surface area is 115 Å². The van der Waals surface area contributed by atoms with Crippen LogP contribution in [0.4, 0.5) is 13.2 Å². The normalized spacial score (nSPS) is 12.5. The van der Waals surface area contributed by atoms with Gasteiger partial charge in [0, 0.05) is 6.42 Å². The van der Waals surface area contributed by atoms with Gasteiger partial charge in [-0.05, 0) is 48.7 Å². The minimum absolute atomic E-state index is 0.0312. The fourth-order valence-electron chi connectivity index (χ4n) is 2.18. The molecular formula is C16H15F3O. The van der Waals surface area contributed by atoms with Crippen molar-refractivity contribution in [2.45, 2.75) is 26.4 Å². The van der Waals surface area contributed by atoms with E-state index in [1.165, 1.54) is 31.2 Å². The van der Waals surface area contributed by atoms with E-state index in [-0.39, 0.29) is 23.4 Å². The highest BCUT2D eigenvalue weighted by molar-refractivity contribution is 5.32. The number of rotatable bonds is 3. The maximum absolute atomic E-state index is 13.9. The van der Waals surface area contributed by atoms with Crippen LogP contribution in [0.1, 0.15) is 28.4 Å². The van der Waals surface area contributed by atoms with E-state index in [4.69, 9.17) is 0 Å². The molecule has 2 aromatic rings. The number of halogens is 3. The van der Waals surface area contributed by atoms with E-state index in [2.05, 4.69) is 0 Å². The predicted molar refractivity (Wildman–Crippen MR) is 70.9 cm³/mol. The van der Waals surface area contributed by atoms with Crippen LogP contribution >= 0.6 is 0 Å². The Morgan fingerprint density at radius 1 is 1.00 bits per heavy atom. The van der Waals surface area contributed by atoms with Crippen molar-refractivity contribution in [2.24, 2.45) is 0 Å². The Bertz CT molecular complexity index is 638.